The lowest BCUT2D eigenvalue weighted by molar-refractivity contribution is 0.0899. The highest BCUT2D eigenvalue weighted by Crippen LogP contribution is 2.19. The van der Waals surface area contributed by atoms with Gasteiger partial charge in [-0.15, -0.1) is 0 Å². The molecule has 0 bridgehead atoms. The summed E-state index contributed by atoms with van der Waals surface area (Å²) in [5.74, 6) is 0.102. The largest absolute Gasteiger partial charge is 0.391 e. The minimum atomic E-state index is -0.538. The maximum atomic E-state index is 12.0. The molecule has 108 valence electrons. The quantitative estimate of drug-likeness (QED) is 0.841. The van der Waals surface area contributed by atoms with E-state index in [1.54, 1.807) is 11.6 Å². The van der Waals surface area contributed by atoms with Crippen molar-refractivity contribution in [2.45, 2.75) is 46.8 Å². The molecule has 0 saturated heterocycles. The standard InChI is InChI=1S/C13H22ClN3O2/c1-5-17-12(14)11(9(4)16-17)13(19)15-7-10(18)6-8(2)3/h8,10,18H,5-7H2,1-4H3,(H,15,19). The summed E-state index contributed by atoms with van der Waals surface area (Å²) in [5.41, 5.74) is 0.989. The van der Waals surface area contributed by atoms with Crippen molar-refractivity contribution in [3.8, 4) is 0 Å². The third-order valence-electron chi connectivity index (χ3n) is 2.83. The lowest BCUT2D eigenvalue weighted by Crippen LogP contribution is -2.33. The van der Waals surface area contributed by atoms with Crippen LogP contribution in [0.3, 0.4) is 0 Å². The third-order valence-corrected chi connectivity index (χ3v) is 3.22. The number of carbonyl (C=O) groups excluding carboxylic acids is 1. The Morgan fingerprint density at radius 2 is 2.16 bits per heavy atom. The Morgan fingerprint density at radius 3 is 2.63 bits per heavy atom. The highest BCUT2D eigenvalue weighted by molar-refractivity contribution is 6.33. The zero-order valence-corrected chi connectivity index (χ0v) is 12.7. The number of carbonyl (C=O) groups is 1. The minimum Gasteiger partial charge on any atom is -0.391 e. The Bertz CT molecular complexity index is 443. The summed E-state index contributed by atoms with van der Waals surface area (Å²) in [7, 11) is 0. The van der Waals surface area contributed by atoms with Crippen LogP contribution in [0.5, 0.6) is 0 Å². The van der Waals surface area contributed by atoms with Gasteiger partial charge in [-0.1, -0.05) is 25.4 Å². The Hall–Kier alpha value is -1.07. The molecule has 5 nitrogen and oxygen atoms in total. The first-order valence-corrected chi connectivity index (χ1v) is 6.93. The first-order chi connectivity index (χ1) is 8.86. The molecule has 2 N–H and O–H groups in total. The summed E-state index contributed by atoms with van der Waals surface area (Å²) < 4.78 is 1.58. The fourth-order valence-corrected chi connectivity index (χ4v) is 2.33. The Balaban J connectivity index is 2.66. The topological polar surface area (TPSA) is 67.2 Å². The van der Waals surface area contributed by atoms with E-state index in [4.69, 9.17) is 11.6 Å². The first-order valence-electron chi connectivity index (χ1n) is 6.55. The van der Waals surface area contributed by atoms with Crippen LogP contribution in [0.1, 0.15) is 43.2 Å². The number of hydrogen-bond acceptors (Lipinski definition) is 3. The first kappa shape index (κ1) is 16.0. The molecule has 19 heavy (non-hydrogen) atoms. The Morgan fingerprint density at radius 1 is 1.53 bits per heavy atom. The van der Waals surface area contributed by atoms with Gasteiger partial charge in [-0.3, -0.25) is 9.48 Å². The van der Waals surface area contributed by atoms with E-state index in [2.05, 4.69) is 10.4 Å². The summed E-state index contributed by atoms with van der Waals surface area (Å²) in [4.78, 5) is 12.0. The number of nitrogens with one attached hydrogen (secondary N) is 1. The van der Waals surface area contributed by atoms with E-state index in [-0.39, 0.29) is 12.5 Å². The molecule has 0 fully saturated rings. The minimum absolute atomic E-state index is 0.226. The van der Waals surface area contributed by atoms with Crippen molar-refractivity contribution in [1.82, 2.24) is 15.1 Å². The second kappa shape index (κ2) is 6.91. The molecule has 6 heteroatoms. The predicted molar refractivity (Wildman–Crippen MR) is 75.4 cm³/mol. The number of aliphatic hydroxyl groups is 1. The van der Waals surface area contributed by atoms with Gasteiger partial charge < -0.3 is 10.4 Å². The maximum Gasteiger partial charge on any atom is 0.256 e. The highest BCUT2D eigenvalue weighted by atomic mass is 35.5. The maximum absolute atomic E-state index is 12.0. The normalized spacial score (nSPS) is 12.8. The van der Waals surface area contributed by atoms with Crippen LogP contribution >= 0.6 is 11.6 Å². The molecule has 0 spiro atoms. The van der Waals surface area contributed by atoms with E-state index in [0.29, 0.717) is 35.3 Å². The molecule has 1 rings (SSSR count). The molecule has 1 aromatic heterocycles. The van der Waals surface area contributed by atoms with Crippen molar-refractivity contribution in [3.05, 3.63) is 16.4 Å². The van der Waals surface area contributed by atoms with Crippen molar-refractivity contribution in [1.29, 1.82) is 0 Å². The van der Waals surface area contributed by atoms with Crippen LogP contribution in [0.4, 0.5) is 0 Å². The molecule has 1 aromatic rings. The summed E-state index contributed by atoms with van der Waals surface area (Å²) in [6, 6.07) is 0. The summed E-state index contributed by atoms with van der Waals surface area (Å²) >= 11 is 6.10. The van der Waals surface area contributed by atoms with Crippen LogP contribution < -0.4 is 5.32 Å². The average molecular weight is 288 g/mol. The molecule has 0 radical (unpaired) electrons. The number of amides is 1. The zero-order valence-electron chi connectivity index (χ0n) is 11.9. The van der Waals surface area contributed by atoms with E-state index in [1.807, 2.05) is 20.8 Å². The lowest BCUT2D eigenvalue weighted by Gasteiger charge is -2.13. The number of aromatic nitrogens is 2. The lowest BCUT2D eigenvalue weighted by atomic mass is 10.1. The average Bonchev–Trinajstić information content (AvgIpc) is 2.60. The molecule has 0 aromatic carbocycles. The van der Waals surface area contributed by atoms with Gasteiger partial charge in [0.1, 0.15) is 5.15 Å². The van der Waals surface area contributed by atoms with Gasteiger partial charge >= 0.3 is 0 Å². The van der Waals surface area contributed by atoms with Crippen molar-refractivity contribution in [2.24, 2.45) is 5.92 Å². The van der Waals surface area contributed by atoms with Crippen molar-refractivity contribution in [2.75, 3.05) is 6.54 Å². The van der Waals surface area contributed by atoms with Gasteiger partial charge in [0.25, 0.3) is 5.91 Å². The van der Waals surface area contributed by atoms with Gasteiger partial charge in [0.15, 0.2) is 0 Å². The van der Waals surface area contributed by atoms with Gasteiger partial charge in [0.2, 0.25) is 0 Å². The van der Waals surface area contributed by atoms with Crippen LogP contribution in [-0.4, -0.2) is 33.4 Å². The van der Waals surface area contributed by atoms with Crippen LogP contribution in [0, 0.1) is 12.8 Å². The highest BCUT2D eigenvalue weighted by Gasteiger charge is 2.20. The summed E-state index contributed by atoms with van der Waals surface area (Å²) in [6.07, 6.45) is 0.116. The van der Waals surface area contributed by atoms with E-state index >= 15 is 0 Å². The zero-order chi connectivity index (χ0) is 14.6. The smallest absolute Gasteiger partial charge is 0.256 e. The Kier molecular flexibility index (Phi) is 5.82. The van der Waals surface area contributed by atoms with E-state index in [9.17, 15) is 9.90 Å². The van der Waals surface area contributed by atoms with Gasteiger partial charge in [-0.25, -0.2) is 0 Å². The molecular formula is C13H22ClN3O2. The fourth-order valence-electron chi connectivity index (χ4n) is 1.95. The number of hydrogen-bond donors (Lipinski definition) is 2. The van der Waals surface area contributed by atoms with Crippen LogP contribution in [-0.2, 0) is 6.54 Å². The van der Waals surface area contributed by atoms with Gasteiger partial charge in [0, 0.05) is 13.1 Å². The molecular weight excluding hydrogens is 266 g/mol. The van der Waals surface area contributed by atoms with Gasteiger partial charge in [-0.05, 0) is 26.2 Å². The van der Waals surface area contributed by atoms with Crippen LogP contribution in [0.25, 0.3) is 0 Å². The monoisotopic (exact) mass is 287 g/mol. The molecule has 1 unspecified atom stereocenters. The second-order valence-electron chi connectivity index (χ2n) is 5.06. The number of halogens is 1. The van der Waals surface area contributed by atoms with E-state index < -0.39 is 6.10 Å². The molecule has 1 amide bonds. The van der Waals surface area contributed by atoms with Gasteiger partial charge in [-0.2, -0.15) is 5.10 Å². The van der Waals surface area contributed by atoms with Crippen molar-refractivity contribution < 1.29 is 9.90 Å². The summed E-state index contributed by atoms with van der Waals surface area (Å²) in [5, 5.41) is 17.0. The third kappa shape index (κ3) is 4.21. The fraction of sp³-hybridized carbons (Fsp3) is 0.692. The van der Waals surface area contributed by atoms with Crippen molar-refractivity contribution >= 4 is 17.5 Å². The predicted octanol–water partition coefficient (Wildman–Crippen LogP) is 2.00. The molecule has 0 aliphatic rings. The van der Waals surface area contributed by atoms with E-state index in [1.165, 1.54) is 0 Å². The number of rotatable bonds is 6. The van der Waals surface area contributed by atoms with Crippen molar-refractivity contribution in [3.63, 3.8) is 0 Å². The molecule has 1 heterocycles. The second-order valence-corrected chi connectivity index (χ2v) is 5.42. The molecule has 0 aliphatic heterocycles. The summed E-state index contributed by atoms with van der Waals surface area (Å²) in [6.45, 7) is 8.55. The Labute approximate surface area is 118 Å². The molecule has 0 saturated carbocycles. The molecule has 1 atom stereocenters. The SMILES string of the molecule is CCn1nc(C)c(C(=O)NCC(O)CC(C)C)c1Cl. The number of aliphatic hydroxyl groups excluding tert-OH is 1. The van der Waals surface area contributed by atoms with Crippen LogP contribution in [0.2, 0.25) is 5.15 Å². The van der Waals surface area contributed by atoms with Crippen LogP contribution in [0.15, 0.2) is 0 Å². The van der Waals surface area contributed by atoms with E-state index in [0.717, 1.165) is 0 Å². The molecule has 0 aliphatic carbocycles. The number of nitrogens with zero attached hydrogens (tertiary/aromatic N) is 2. The number of aryl methyl sites for hydroxylation is 2. The van der Waals surface area contributed by atoms with Gasteiger partial charge in [0.05, 0.1) is 17.4 Å².